The number of rotatable bonds is 6. The average Bonchev–Trinajstić information content (AvgIpc) is 3.03. The normalized spacial score (nSPS) is 16.1. The summed E-state index contributed by atoms with van der Waals surface area (Å²) in [6.07, 6.45) is 18.0. The van der Waals surface area contributed by atoms with Gasteiger partial charge in [0.25, 0.3) is 0 Å². The minimum atomic E-state index is 0.991. The number of benzene rings is 2. The van der Waals surface area contributed by atoms with Gasteiger partial charge in [-0.3, -0.25) is 0 Å². The lowest BCUT2D eigenvalue weighted by Gasteiger charge is -2.26. The Morgan fingerprint density at radius 1 is 0.545 bits per heavy atom. The van der Waals surface area contributed by atoms with Gasteiger partial charge in [0.2, 0.25) is 0 Å². The number of anilines is 2. The highest BCUT2D eigenvalue weighted by Gasteiger charge is 2.27. The maximum atomic E-state index is 2.28. The molecule has 0 radical (unpaired) electrons. The average molecular weight is 639 g/mol. The molecular weight excluding hydrogens is 597 g/mol. The fourth-order valence-corrected chi connectivity index (χ4v) is 9.44. The van der Waals surface area contributed by atoms with E-state index < -0.39 is 0 Å². The van der Waals surface area contributed by atoms with Crippen LogP contribution in [0.2, 0.25) is 0 Å². The summed E-state index contributed by atoms with van der Waals surface area (Å²) in [7, 11) is 20.6. The Hall–Kier alpha value is -3.39. The maximum Gasteiger partial charge on any atom is 0.199 e. The molecule has 5 rings (SSSR count). The Bertz CT molecular complexity index is 1540. The van der Waals surface area contributed by atoms with Crippen molar-refractivity contribution >= 4 is 67.3 Å². The zero-order valence-electron chi connectivity index (χ0n) is 27.0. The van der Waals surface area contributed by atoms with Gasteiger partial charge >= 0.3 is 0 Å². The predicted octanol–water partition coefficient (Wildman–Crippen LogP) is 8.00. The molecule has 2 aliphatic carbocycles. The summed E-state index contributed by atoms with van der Waals surface area (Å²) in [5.41, 5.74) is 12.2. The van der Waals surface area contributed by atoms with Crippen LogP contribution < -0.4 is 9.80 Å². The number of nitrogens with zero attached hydrogens (tertiary/aromatic N) is 4. The number of allylic oxidation sites excluding steroid dienone is 12. The summed E-state index contributed by atoms with van der Waals surface area (Å²) < 4.78 is 4.31. The molecule has 0 atom stereocenters. The molecule has 0 fully saturated rings. The summed E-state index contributed by atoms with van der Waals surface area (Å²) >= 11 is 1.95. The van der Waals surface area contributed by atoms with Gasteiger partial charge in [-0.15, -0.1) is 11.8 Å². The standard InChI is InChI=1S/C37H42N4S3/c1-38(2)30-17-9-26(10-18-30)34(27-11-19-31(20-12-27)39(3)4)36-37(44-43-25-42-36)35(28-13-21-32(22-14-28)40(5)6)29-15-23-33(24-16-29)41(7)8/h9-24H,25H2,1-8H3/q+2. The quantitative estimate of drug-likeness (QED) is 0.234. The van der Waals surface area contributed by atoms with Gasteiger partial charge in [-0.2, -0.15) is 0 Å². The molecule has 2 aromatic rings. The first-order valence-corrected chi connectivity index (χ1v) is 18.0. The van der Waals surface area contributed by atoms with E-state index in [9.17, 15) is 0 Å². The maximum absolute atomic E-state index is 2.28. The lowest BCUT2D eigenvalue weighted by molar-refractivity contribution is -0.462. The largest absolute Gasteiger partial charge is 0.378 e. The van der Waals surface area contributed by atoms with E-state index in [-0.39, 0.29) is 0 Å². The van der Waals surface area contributed by atoms with Gasteiger partial charge < -0.3 is 9.80 Å². The Balaban J connectivity index is 1.79. The number of hydrogen-bond acceptors (Lipinski definition) is 5. The first kappa shape index (κ1) is 32.0. The van der Waals surface area contributed by atoms with E-state index in [2.05, 4.69) is 172 Å². The number of thioether (sulfide) groups is 1. The predicted molar refractivity (Wildman–Crippen MR) is 201 cm³/mol. The Labute approximate surface area is 275 Å². The summed E-state index contributed by atoms with van der Waals surface area (Å²) in [6, 6.07) is 18.0. The lowest BCUT2D eigenvalue weighted by Crippen LogP contribution is -2.11. The zero-order chi connectivity index (χ0) is 31.4. The first-order valence-electron chi connectivity index (χ1n) is 14.7. The van der Waals surface area contributed by atoms with E-state index in [0.29, 0.717) is 0 Å². The van der Waals surface area contributed by atoms with Crippen molar-refractivity contribution in [2.75, 3.05) is 71.3 Å². The third kappa shape index (κ3) is 7.12. The lowest BCUT2D eigenvalue weighted by atomic mass is 9.91. The molecule has 0 bridgehead atoms. The third-order valence-electron chi connectivity index (χ3n) is 7.74. The van der Waals surface area contributed by atoms with Crippen LogP contribution in [-0.4, -0.2) is 82.0 Å². The molecule has 0 saturated heterocycles. The van der Waals surface area contributed by atoms with Crippen LogP contribution in [-0.2, 0) is 0 Å². The van der Waals surface area contributed by atoms with E-state index in [1.165, 1.54) is 66.0 Å². The smallest absolute Gasteiger partial charge is 0.199 e. The van der Waals surface area contributed by atoms with E-state index >= 15 is 0 Å². The van der Waals surface area contributed by atoms with Gasteiger partial charge in [-0.25, -0.2) is 9.15 Å². The van der Waals surface area contributed by atoms with Crippen molar-refractivity contribution in [2.45, 2.75) is 0 Å². The van der Waals surface area contributed by atoms with Crippen molar-refractivity contribution in [3.05, 3.63) is 129 Å². The van der Waals surface area contributed by atoms with Gasteiger partial charge in [-0.05, 0) is 70.8 Å². The molecule has 4 nitrogen and oxygen atoms in total. The van der Waals surface area contributed by atoms with Crippen molar-refractivity contribution in [1.82, 2.24) is 0 Å². The molecule has 2 aromatic carbocycles. The van der Waals surface area contributed by atoms with Crippen LogP contribution in [0, 0.1) is 0 Å². The van der Waals surface area contributed by atoms with Gasteiger partial charge in [0.1, 0.15) is 28.2 Å². The van der Waals surface area contributed by atoms with Crippen molar-refractivity contribution in [1.29, 1.82) is 0 Å². The van der Waals surface area contributed by atoms with Crippen LogP contribution in [0.5, 0.6) is 0 Å². The summed E-state index contributed by atoms with van der Waals surface area (Å²) in [5, 5.41) is 0.991. The minimum Gasteiger partial charge on any atom is -0.378 e. The molecule has 226 valence electrons. The summed E-state index contributed by atoms with van der Waals surface area (Å²) in [5.74, 6) is 0. The molecule has 1 heterocycles. The SMILES string of the molecule is CN(C)c1ccc(C(=C2C=CC(=[N+](C)C)C=C2)C2=C(C(=C3C=CC(=[N+](C)C)C=C3)c3ccc(N(C)C)cc3)SSCS2)cc1. The summed E-state index contributed by atoms with van der Waals surface area (Å²) in [4.78, 5) is 6.95. The van der Waals surface area contributed by atoms with Crippen LogP contribution >= 0.6 is 33.3 Å². The second-order valence-electron chi connectivity index (χ2n) is 11.6. The molecule has 0 unspecified atom stereocenters. The molecular formula is C37H42N4S3+2. The van der Waals surface area contributed by atoms with Crippen LogP contribution in [0.1, 0.15) is 11.1 Å². The topological polar surface area (TPSA) is 12.5 Å². The second-order valence-corrected chi connectivity index (χ2v) is 15.3. The zero-order valence-corrected chi connectivity index (χ0v) is 29.4. The van der Waals surface area contributed by atoms with Crippen molar-refractivity contribution in [3.8, 4) is 0 Å². The fourth-order valence-electron chi connectivity index (χ4n) is 5.17. The molecule has 0 saturated carbocycles. The van der Waals surface area contributed by atoms with Gasteiger partial charge in [0, 0.05) is 84.8 Å². The molecule has 0 N–H and O–H groups in total. The summed E-state index contributed by atoms with van der Waals surface area (Å²) in [6.45, 7) is 0. The van der Waals surface area contributed by atoms with Crippen LogP contribution in [0.4, 0.5) is 11.4 Å². The van der Waals surface area contributed by atoms with Gasteiger partial charge in [0.15, 0.2) is 11.4 Å². The Morgan fingerprint density at radius 2 is 0.932 bits per heavy atom. The van der Waals surface area contributed by atoms with Crippen LogP contribution in [0.25, 0.3) is 11.1 Å². The van der Waals surface area contributed by atoms with E-state index in [1.807, 2.05) is 33.3 Å². The first-order chi connectivity index (χ1) is 21.1. The highest BCUT2D eigenvalue weighted by molar-refractivity contribution is 8.80. The highest BCUT2D eigenvalue weighted by atomic mass is 33.1. The molecule has 3 aliphatic rings. The molecule has 1 aliphatic heterocycles. The van der Waals surface area contributed by atoms with Gasteiger partial charge in [0.05, 0.1) is 5.08 Å². The molecule has 0 spiro atoms. The van der Waals surface area contributed by atoms with Crippen LogP contribution in [0.3, 0.4) is 0 Å². The third-order valence-corrected chi connectivity index (χ3v) is 11.8. The molecule has 44 heavy (non-hydrogen) atoms. The second kappa shape index (κ2) is 14.1. The van der Waals surface area contributed by atoms with Crippen LogP contribution in [0.15, 0.2) is 118 Å². The molecule has 0 aromatic heterocycles. The van der Waals surface area contributed by atoms with Crippen molar-refractivity contribution < 1.29 is 9.15 Å². The Kier molecular flexibility index (Phi) is 10.3. The molecule has 7 heteroatoms. The Morgan fingerprint density at radius 3 is 1.30 bits per heavy atom. The monoisotopic (exact) mass is 638 g/mol. The number of hydrogen-bond donors (Lipinski definition) is 0. The van der Waals surface area contributed by atoms with Gasteiger partial charge in [-0.1, -0.05) is 45.9 Å². The highest BCUT2D eigenvalue weighted by Crippen LogP contribution is 2.55. The molecule has 0 amide bonds. The van der Waals surface area contributed by atoms with Crippen molar-refractivity contribution in [3.63, 3.8) is 0 Å². The van der Waals surface area contributed by atoms with Crippen molar-refractivity contribution in [2.24, 2.45) is 0 Å². The fraction of sp³-hybridized carbons (Fsp3) is 0.243. The van der Waals surface area contributed by atoms with E-state index in [1.54, 1.807) is 0 Å². The van der Waals surface area contributed by atoms with E-state index in [4.69, 9.17) is 0 Å². The van der Waals surface area contributed by atoms with E-state index in [0.717, 1.165) is 5.08 Å². The minimum absolute atomic E-state index is 0.991.